The Labute approximate surface area is 109 Å². The van der Waals surface area contributed by atoms with Gasteiger partial charge in [-0.15, -0.1) is 4.80 Å². The van der Waals surface area contributed by atoms with Crippen molar-refractivity contribution >= 4 is 8.83 Å². The molecule has 1 rings (SSSR count). The minimum absolute atomic E-state index is 0.512. The minimum Gasteiger partial charge on any atom is -0.536 e. The van der Waals surface area contributed by atoms with Crippen LogP contribution in [0.3, 0.4) is 0 Å². The summed E-state index contributed by atoms with van der Waals surface area (Å²) < 4.78 is 19.2. The van der Waals surface area contributed by atoms with Crippen molar-refractivity contribution in [2.75, 3.05) is 27.9 Å². The van der Waals surface area contributed by atoms with E-state index in [0.29, 0.717) is 0 Å². The summed E-state index contributed by atoms with van der Waals surface area (Å²) in [7, 11) is 3.05. The second kappa shape index (κ2) is 9.40. The van der Waals surface area contributed by atoms with Crippen molar-refractivity contribution in [1.29, 1.82) is 0 Å². The van der Waals surface area contributed by atoms with Crippen LogP contribution >= 0.6 is 0 Å². The normalized spacial score (nSPS) is 19.7. The molecule has 1 unspecified atom stereocenters. The van der Waals surface area contributed by atoms with Crippen molar-refractivity contribution in [3.63, 3.8) is 0 Å². The van der Waals surface area contributed by atoms with Crippen molar-refractivity contribution in [2.45, 2.75) is 37.9 Å². The lowest BCUT2D eigenvalue weighted by Gasteiger charge is -2.28. The highest BCUT2D eigenvalue weighted by Crippen LogP contribution is 2.13. The molecule has 0 radical (unpaired) electrons. The number of methoxy groups -OCH3 is 3. The van der Waals surface area contributed by atoms with Crippen LogP contribution in [-0.4, -0.2) is 59.2 Å². The SMILES string of the molecule is COC(C)C(O)(OC)OC.ON=[Si]1CCCCO1. The summed E-state index contributed by atoms with van der Waals surface area (Å²) in [6, 6.07) is 0.973. The van der Waals surface area contributed by atoms with E-state index >= 15 is 0 Å². The summed E-state index contributed by atoms with van der Waals surface area (Å²) in [6.07, 6.45) is 1.78. The van der Waals surface area contributed by atoms with Gasteiger partial charge in [-0.1, -0.05) is 0 Å². The number of ether oxygens (including phenoxy) is 3. The zero-order valence-corrected chi connectivity index (χ0v) is 12.4. The quantitative estimate of drug-likeness (QED) is 0.452. The zero-order chi connectivity index (χ0) is 14.0. The first-order chi connectivity index (χ1) is 8.53. The van der Waals surface area contributed by atoms with Gasteiger partial charge in [0, 0.05) is 27.4 Å². The van der Waals surface area contributed by atoms with Gasteiger partial charge >= 0.3 is 14.8 Å². The van der Waals surface area contributed by atoms with E-state index in [4.69, 9.17) is 14.4 Å². The Morgan fingerprint density at radius 1 is 1.28 bits per heavy atom. The van der Waals surface area contributed by atoms with E-state index in [1.807, 2.05) is 0 Å². The van der Waals surface area contributed by atoms with Crippen LogP contribution < -0.4 is 0 Å². The molecule has 2 N–H and O–H groups in total. The molecule has 1 heterocycles. The molecule has 1 aliphatic rings. The molecular weight excluding hydrogens is 258 g/mol. The van der Waals surface area contributed by atoms with Crippen LogP contribution in [0.4, 0.5) is 0 Å². The Morgan fingerprint density at radius 2 is 1.89 bits per heavy atom. The van der Waals surface area contributed by atoms with Gasteiger partial charge in [-0.05, 0) is 19.8 Å². The Morgan fingerprint density at radius 3 is 2.11 bits per heavy atom. The van der Waals surface area contributed by atoms with Gasteiger partial charge in [0.05, 0.1) is 6.61 Å². The van der Waals surface area contributed by atoms with Crippen LogP contribution in [0.1, 0.15) is 19.8 Å². The molecule has 8 heteroatoms. The van der Waals surface area contributed by atoms with E-state index in [-0.39, 0.29) is 0 Å². The number of rotatable bonds is 4. The molecule has 0 aromatic carbocycles. The maximum Gasteiger partial charge on any atom is 0.399 e. The highest BCUT2D eigenvalue weighted by atomic mass is 28.3. The average molecular weight is 281 g/mol. The third-order valence-electron chi connectivity index (χ3n) is 2.62. The van der Waals surface area contributed by atoms with Gasteiger partial charge in [-0.2, -0.15) is 0 Å². The van der Waals surface area contributed by atoms with Crippen LogP contribution in [0, 0.1) is 0 Å². The Balaban J connectivity index is 0.000000327. The van der Waals surface area contributed by atoms with E-state index in [0.717, 1.165) is 19.1 Å². The van der Waals surface area contributed by atoms with Crippen LogP contribution in [0.2, 0.25) is 6.04 Å². The van der Waals surface area contributed by atoms with E-state index in [1.54, 1.807) is 6.92 Å². The molecule has 0 aliphatic carbocycles. The molecule has 18 heavy (non-hydrogen) atoms. The number of hydrogen-bond acceptors (Lipinski definition) is 7. The standard InChI is InChI=1S/C6H14O4.C4H9NO2Si/c1-5(8-2)6(7,9-3)10-4;6-5-8-4-2-1-3-7-8/h5,7H,1-4H3;6H,1-4H2. The summed E-state index contributed by atoms with van der Waals surface area (Å²) in [5.41, 5.74) is 0. The van der Waals surface area contributed by atoms with Crippen LogP contribution in [0.15, 0.2) is 4.80 Å². The molecule has 108 valence electrons. The van der Waals surface area contributed by atoms with Crippen LogP contribution in [0.5, 0.6) is 0 Å². The molecule has 1 saturated heterocycles. The summed E-state index contributed by atoms with van der Waals surface area (Å²) in [4.78, 5) is 3.13. The summed E-state index contributed by atoms with van der Waals surface area (Å²) in [5, 5.41) is 17.6. The van der Waals surface area contributed by atoms with Crippen molar-refractivity contribution in [2.24, 2.45) is 4.80 Å². The van der Waals surface area contributed by atoms with E-state index in [9.17, 15) is 5.11 Å². The zero-order valence-electron chi connectivity index (χ0n) is 11.4. The summed E-state index contributed by atoms with van der Waals surface area (Å²) in [5.74, 6) is -1.63. The third-order valence-corrected chi connectivity index (χ3v) is 4.16. The smallest absolute Gasteiger partial charge is 0.399 e. The van der Waals surface area contributed by atoms with E-state index in [1.165, 1.54) is 27.8 Å². The fourth-order valence-corrected chi connectivity index (χ4v) is 2.52. The van der Waals surface area contributed by atoms with Crippen molar-refractivity contribution in [1.82, 2.24) is 0 Å². The molecule has 0 spiro atoms. The lowest BCUT2D eigenvalue weighted by molar-refractivity contribution is -0.377. The lowest BCUT2D eigenvalue weighted by Crippen LogP contribution is -2.45. The topological polar surface area (TPSA) is 89.7 Å². The average Bonchev–Trinajstić information content (AvgIpc) is 2.47. The monoisotopic (exact) mass is 281 g/mol. The first-order valence-corrected chi connectivity index (χ1v) is 7.29. The van der Waals surface area contributed by atoms with Gasteiger partial charge in [0.15, 0.2) is 0 Å². The van der Waals surface area contributed by atoms with Gasteiger partial charge in [-0.25, -0.2) is 0 Å². The lowest BCUT2D eigenvalue weighted by atomic mass is 10.3. The van der Waals surface area contributed by atoms with Crippen molar-refractivity contribution < 1.29 is 29.0 Å². The molecule has 7 nitrogen and oxygen atoms in total. The number of hydrogen-bond donors (Lipinski definition) is 2. The molecular formula is C10H23NO6Si. The highest BCUT2D eigenvalue weighted by molar-refractivity contribution is 6.38. The first kappa shape index (κ1) is 17.5. The van der Waals surface area contributed by atoms with Gasteiger partial charge in [0.2, 0.25) is 0 Å². The number of nitrogens with zero attached hydrogens (tertiary/aromatic N) is 1. The Hall–Kier alpha value is -0.543. The summed E-state index contributed by atoms with van der Waals surface area (Å²) in [6.45, 7) is 2.44. The van der Waals surface area contributed by atoms with Gasteiger partial charge in [0.25, 0.3) is 0 Å². The van der Waals surface area contributed by atoms with Crippen LogP contribution in [0.25, 0.3) is 0 Å². The maximum atomic E-state index is 9.33. The molecule has 0 aromatic heterocycles. The van der Waals surface area contributed by atoms with Gasteiger partial charge in [0.1, 0.15) is 6.10 Å². The van der Waals surface area contributed by atoms with E-state index in [2.05, 4.69) is 14.3 Å². The second-order valence-corrected chi connectivity index (χ2v) is 5.49. The fraction of sp³-hybridized carbons (Fsp3) is 1.00. The molecule has 1 fully saturated rings. The van der Waals surface area contributed by atoms with Gasteiger partial charge < -0.3 is 29.0 Å². The largest absolute Gasteiger partial charge is 0.536 e. The van der Waals surface area contributed by atoms with E-state index < -0.39 is 20.9 Å². The molecule has 1 aliphatic heterocycles. The third kappa shape index (κ3) is 5.87. The predicted octanol–water partition coefficient (Wildman–Crippen LogP) is 0.903. The summed E-state index contributed by atoms with van der Waals surface area (Å²) >= 11 is 0. The molecule has 0 amide bonds. The second-order valence-electron chi connectivity index (χ2n) is 3.72. The van der Waals surface area contributed by atoms with Crippen molar-refractivity contribution in [3.8, 4) is 0 Å². The highest BCUT2D eigenvalue weighted by Gasteiger charge is 2.34. The van der Waals surface area contributed by atoms with Gasteiger partial charge in [-0.3, -0.25) is 0 Å². The molecule has 0 aromatic rings. The Bertz CT molecular complexity index is 239. The molecule has 0 bridgehead atoms. The maximum absolute atomic E-state index is 9.33. The van der Waals surface area contributed by atoms with Crippen LogP contribution in [-0.2, 0) is 18.6 Å². The Kier molecular flexibility index (Phi) is 9.11. The minimum atomic E-state index is -1.63. The number of aliphatic hydroxyl groups is 1. The molecule has 1 atom stereocenters. The predicted molar refractivity (Wildman–Crippen MR) is 65.4 cm³/mol. The van der Waals surface area contributed by atoms with Crippen molar-refractivity contribution in [3.05, 3.63) is 0 Å². The first-order valence-electron chi connectivity index (χ1n) is 5.73. The fourth-order valence-electron chi connectivity index (χ4n) is 1.28. The molecule has 0 saturated carbocycles.